The zero-order valence-corrected chi connectivity index (χ0v) is 9.33. The quantitative estimate of drug-likeness (QED) is 0.771. The van der Waals surface area contributed by atoms with Gasteiger partial charge in [-0.1, -0.05) is 6.92 Å². The molecule has 15 heavy (non-hydrogen) atoms. The Morgan fingerprint density at radius 1 is 1.47 bits per heavy atom. The third-order valence-corrected chi connectivity index (χ3v) is 4.18. The Morgan fingerprint density at radius 3 is 2.47 bits per heavy atom. The van der Waals surface area contributed by atoms with Crippen LogP contribution >= 0.6 is 0 Å². The van der Waals surface area contributed by atoms with Crippen LogP contribution in [0.25, 0.3) is 0 Å². The molecule has 3 nitrogen and oxygen atoms in total. The molecule has 0 aromatic rings. The summed E-state index contributed by atoms with van der Waals surface area (Å²) in [6.07, 6.45) is 4.21. The van der Waals surface area contributed by atoms with Crippen molar-refractivity contribution in [1.82, 2.24) is 0 Å². The van der Waals surface area contributed by atoms with E-state index in [0.29, 0.717) is 38.4 Å². The zero-order valence-electron chi connectivity index (χ0n) is 9.33. The van der Waals surface area contributed by atoms with Gasteiger partial charge in [0.15, 0.2) is 0 Å². The highest BCUT2D eigenvalue weighted by Gasteiger charge is 2.57. The lowest BCUT2D eigenvalue weighted by atomic mass is 9.64. The van der Waals surface area contributed by atoms with Crippen LogP contribution in [0.1, 0.15) is 39.0 Å². The average molecular weight is 209 g/mol. The smallest absolute Gasteiger partial charge is 0.0906 e. The van der Waals surface area contributed by atoms with Gasteiger partial charge in [-0.25, -0.2) is 0 Å². The molecule has 0 aromatic heterocycles. The Labute approximate surface area is 91.0 Å². The molecule has 2 aliphatic rings. The third-order valence-electron chi connectivity index (χ3n) is 4.18. The number of hydrogen-bond donors (Lipinski definition) is 1. The molecule has 0 spiro atoms. The summed E-state index contributed by atoms with van der Waals surface area (Å²) in [6.45, 7) is 3.22. The second kappa shape index (κ2) is 3.77. The van der Waals surface area contributed by atoms with E-state index in [4.69, 9.17) is 4.74 Å². The van der Waals surface area contributed by atoms with E-state index in [1.54, 1.807) is 0 Å². The number of nitrogens with zero attached hydrogens (tertiary/aromatic N) is 1. The molecular formula is C12H19NO2. The van der Waals surface area contributed by atoms with Crippen LogP contribution in [-0.4, -0.2) is 23.9 Å². The fourth-order valence-corrected chi connectivity index (χ4v) is 2.94. The minimum atomic E-state index is -0.772. The molecule has 0 radical (unpaired) electrons. The fraction of sp³-hybridized carbons (Fsp3) is 0.917. The summed E-state index contributed by atoms with van der Waals surface area (Å²) in [5.41, 5.74) is -1.33. The lowest BCUT2D eigenvalue weighted by Crippen LogP contribution is -2.51. The Kier molecular flexibility index (Phi) is 2.74. The van der Waals surface area contributed by atoms with Gasteiger partial charge in [0, 0.05) is 13.2 Å². The van der Waals surface area contributed by atoms with Gasteiger partial charge in [-0.2, -0.15) is 5.26 Å². The van der Waals surface area contributed by atoms with E-state index in [9.17, 15) is 10.4 Å². The molecule has 1 N–H and O–H groups in total. The maximum Gasteiger partial charge on any atom is 0.0906 e. The molecule has 3 heteroatoms. The van der Waals surface area contributed by atoms with Crippen LogP contribution in [0.3, 0.4) is 0 Å². The van der Waals surface area contributed by atoms with Gasteiger partial charge in [0.2, 0.25) is 0 Å². The van der Waals surface area contributed by atoms with E-state index in [2.05, 4.69) is 6.07 Å². The lowest BCUT2D eigenvalue weighted by Gasteiger charge is -2.45. The molecule has 2 fully saturated rings. The molecule has 0 bridgehead atoms. The molecule has 2 rings (SSSR count). The number of ether oxygens (including phenoxy) is 1. The van der Waals surface area contributed by atoms with Crippen molar-refractivity contribution in [2.75, 3.05) is 13.2 Å². The highest BCUT2D eigenvalue weighted by atomic mass is 16.5. The summed E-state index contributed by atoms with van der Waals surface area (Å²) in [5, 5.41) is 20.2. The van der Waals surface area contributed by atoms with Gasteiger partial charge < -0.3 is 9.84 Å². The first-order valence-electron chi connectivity index (χ1n) is 5.90. The van der Waals surface area contributed by atoms with Crippen molar-refractivity contribution in [1.29, 1.82) is 5.26 Å². The van der Waals surface area contributed by atoms with Crippen molar-refractivity contribution in [2.45, 2.75) is 44.6 Å². The minimum Gasteiger partial charge on any atom is -0.388 e. The number of nitriles is 1. The highest BCUT2D eigenvalue weighted by molar-refractivity contribution is 5.16. The van der Waals surface area contributed by atoms with Crippen molar-refractivity contribution in [3.8, 4) is 6.07 Å². The second-order valence-corrected chi connectivity index (χ2v) is 4.86. The zero-order chi connectivity index (χ0) is 10.9. The van der Waals surface area contributed by atoms with Gasteiger partial charge in [0.1, 0.15) is 0 Å². The summed E-state index contributed by atoms with van der Waals surface area (Å²) in [6, 6.07) is 2.40. The first-order chi connectivity index (χ1) is 7.18. The number of aliphatic hydroxyl groups is 1. The Hall–Kier alpha value is -0.590. The van der Waals surface area contributed by atoms with Gasteiger partial charge >= 0.3 is 0 Å². The summed E-state index contributed by atoms with van der Waals surface area (Å²) < 4.78 is 5.30. The first kappa shape index (κ1) is 10.9. The summed E-state index contributed by atoms with van der Waals surface area (Å²) in [7, 11) is 0. The van der Waals surface area contributed by atoms with Crippen LogP contribution in [-0.2, 0) is 4.74 Å². The SMILES string of the molecule is CCC(O)(C1CC1)C1(C#N)CCOCC1. The maximum atomic E-state index is 10.8. The maximum absolute atomic E-state index is 10.8. The van der Waals surface area contributed by atoms with Crippen molar-refractivity contribution >= 4 is 0 Å². The van der Waals surface area contributed by atoms with E-state index >= 15 is 0 Å². The largest absolute Gasteiger partial charge is 0.388 e. The van der Waals surface area contributed by atoms with E-state index in [1.165, 1.54) is 0 Å². The van der Waals surface area contributed by atoms with Crippen LogP contribution in [0.15, 0.2) is 0 Å². The molecule has 1 unspecified atom stereocenters. The monoisotopic (exact) mass is 209 g/mol. The van der Waals surface area contributed by atoms with Gasteiger partial charge in [0.25, 0.3) is 0 Å². The highest BCUT2D eigenvalue weighted by Crippen LogP contribution is 2.54. The van der Waals surface area contributed by atoms with Crippen molar-refractivity contribution in [2.24, 2.45) is 11.3 Å². The molecule has 0 amide bonds. The van der Waals surface area contributed by atoms with Gasteiger partial charge in [-0.05, 0) is 38.0 Å². The van der Waals surface area contributed by atoms with Crippen molar-refractivity contribution < 1.29 is 9.84 Å². The Balaban J connectivity index is 2.26. The Morgan fingerprint density at radius 2 is 2.07 bits per heavy atom. The van der Waals surface area contributed by atoms with E-state index < -0.39 is 11.0 Å². The lowest BCUT2D eigenvalue weighted by molar-refractivity contribution is -0.119. The van der Waals surface area contributed by atoms with E-state index in [1.807, 2.05) is 6.92 Å². The standard InChI is InChI=1S/C12H19NO2/c1-2-12(14,10-3-4-10)11(9-13)5-7-15-8-6-11/h10,14H,2-8H2,1H3. The summed E-state index contributed by atoms with van der Waals surface area (Å²) in [4.78, 5) is 0. The molecule has 0 aromatic carbocycles. The number of rotatable bonds is 3. The van der Waals surface area contributed by atoms with Crippen LogP contribution in [0, 0.1) is 22.7 Å². The molecule has 1 saturated carbocycles. The van der Waals surface area contributed by atoms with Crippen molar-refractivity contribution in [3.63, 3.8) is 0 Å². The van der Waals surface area contributed by atoms with Gasteiger partial charge in [-0.15, -0.1) is 0 Å². The summed E-state index contributed by atoms with van der Waals surface area (Å²) >= 11 is 0. The minimum absolute atomic E-state index is 0.347. The molecule has 1 aliphatic carbocycles. The molecule has 1 heterocycles. The summed E-state index contributed by atoms with van der Waals surface area (Å²) in [5.74, 6) is 0.347. The van der Waals surface area contributed by atoms with Crippen molar-refractivity contribution in [3.05, 3.63) is 0 Å². The molecule has 1 aliphatic heterocycles. The van der Waals surface area contributed by atoms with Crippen LogP contribution in [0.4, 0.5) is 0 Å². The van der Waals surface area contributed by atoms with Crippen LogP contribution in [0.5, 0.6) is 0 Å². The molecular weight excluding hydrogens is 190 g/mol. The first-order valence-corrected chi connectivity index (χ1v) is 5.90. The topological polar surface area (TPSA) is 53.2 Å². The normalized spacial score (nSPS) is 29.1. The third kappa shape index (κ3) is 1.56. The number of hydrogen-bond acceptors (Lipinski definition) is 3. The molecule has 84 valence electrons. The predicted molar refractivity (Wildman–Crippen MR) is 56.1 cm³/mol. The van der Waals surface area contributed by atoms with E-state index in [0.717, 1.165) is 12.8 Å². The second-order valence-electron chi connectivity index (χ2n) is 4.86. The molecule has 1 atom stereocenters. The predicted octanol–water partition coefficient (Wildman–Crippen LogP) is 1.86. The van der Waals surface area contributed by atoms with Gasteiger partial charge in [-0.3, -0.25) is 0 Å². The fourth-order valence-electron chi connectivity index (χ4n) is 2.94. The van der Waals surface area contributed by atoms with Crippen LogP contribution in [0.2, 0.25) is 0 Å². The molecule has 1 saturated heterocycles. The van der Waals surface area contributed by atoms with Crippen LogP contribution < -0.4 is 0 Å². The van der Waals surface area contributed by atoms with Gasteiger partial charge in [0.05, 0.1) is 17.1 Å². The van der Waals surface area contributed by atoms with E-state index in [-0.39, 0.29) is 0 Å². The average Bonchev–Trinajstić information content (AvgIpc) is 3.13. The Bertz CT molecular complexity index is 274.